The van der Waals surface area contributed by atoms with E-state index in [9.17, 15) is 97.0 Å². The Balaban J connectivity index is 1.09. The van der Waals surface area contributed by atoms with E-state index in [0.29, 0.717) is 0 Å². The zero-order valence-electron chi connectivity index (χ0n) is 42.8. The van der Waals surface area contributed by atoms with Gasteiger partial charge in [0.05, 0.1) is 23.9 Å². The zero-order chi connectivity index (χ0) is 59.4. The van der Waals surface area contributed by atoms with Crippen LogP contribution in [0.1, 0.15) is 97.3 Å². The Morgan fingerprint density at radius 3 is 1.36 bits per heavy atom. The van der Waals surface area contributed by atoms with Gasteiger partial charge in [0.1, 0.15) is 93.4 Å². The topological polar surface area (TPSA) is 431 Å². The van der Waals surface area contributed by atoms with Gasteiger partial charge in [-0.1, -0.05) is 18.2 Å². The van der Waals surface area contributed by atoms with Crippen LogP contribution in [-0.2, 0) is 12.2 Å². The molecule has 13 rings (SSSR count). The largest absolute Gasteiger partial charge is 0.508 e. The van der Waals surface area contributed by atoms with Crippen LogP contribution in [0.15, 0.2) is 103 Å². The van der Waals surface area contributed by atoms with E-state index in [-0.39, 0.29) is 56.0 Å². The number of hydrogen-bond donors (Lipinski definition) is 19. The quantitative estimate of drug-likeness (QED) is 0.0889. The van der Waals surface area contributed by atoms with E-state index in [0.717, 1.165) is 78.9 Å². The Hall–Kier alpha value is -10.4. The summed E-state index contributed by atoms with van der Waals surface area (Å²) < 4.78 is 32.9. The number of benzene rings is 8. The first-order valence-electron chi connectivity index (χ1n) is 25.8. The molecule has 0 saturated heterocycles. The van der Waals surface area contributed by atoms with E-state index in [1.54, 1.807) is 0 Å². The van der Waals surface area contributed by atoms with Crippen molar-refractivity contribution in [3.8, 4) is 115 Å². The minimum absolute atomic E-state index is 0.0134. The summed E-state index contributed by atoms with van der Waals surface area (Å²) in [5, 5.41) is 218. The number of ether oxygens (including phenoxy) is 5. The van der Waals surface area contributed by atoms with Crippen molar-refractivity contribution in [2.75, 3.05) is 0 Å². The predicted octanol–water partition coefficient (Wildman–Crippen LogP) is 5.69. The van der Waals surface area contributed by atoms with Crippen LogP contribution in [0.2, 0.25) is 0 Å². The second-order valence-corrected chi connectivity index (χ2v) is 21.2. The van der Waals surface area contributed by atoms with Gasteiger partial charge in [0, 0.05) is 81.3 Å². The Kier molecular flexibility index (Phi) is 11.7. The molecule has 0 fully saturated rings. The molecule has 5 aliphatic rings. The first-order chi connectivity index (χ1) is 40.0. The molecule has 5 heterocycles. The van der Waals surface area contributed by atoms with E-state index >= 15 is 0 Å². The molecule has 24 nitrogen and oxygen atoms in total. The molecule has 0 amide bonds. The van der Waals surface area contributed by atoms with Crippen molar-refractivity contribution >= 4 is 0 Å². The van der Waals surface area contributed by atoms with Crippen molar-refractivity contribution in [2.24, 2.45) is 0 Å². The van der Waals surface area contributed by atoms with E-state index in [2.05, 4.69) is 0 Å². The Labute approximate surface area is 471 Å². The van der Waals surface area contributed by atoms with E-state index < -0.39 is 193 Å². The number of phenols is 15. The van der Waals surface area contributed by atoms with Gasteiger partial charge in [-0.05, 0) is 71.3 Å². The smallest absolute Gasteiger partial charge is 0.305 e. The summed E-state index contributed by atoms with van der Waals surface area (Å²) in [6.45, 7) is 0. The molecule has 0 aliphatic carbocycles. The SMILES string of the molecule is Oc1cc(O)c2c(c1)O[C@H](c1ccc(O)c(O)c1)[C@H](O)[C@H]2c1c(O)cc(O)c2c1O[C@@]1(c3ccc(O)c(O)c3)Oc3cc(O)c4c(c3[C@@H]2[C@@H]1O)O[C@H](c1ccc(O)c(O)c1)[C@H](O)[C@H]4c1c(O)cc(O)c2c1O[C@H](c1ccc(O)c(O)c1)[C@H](O)C2. The molecule has 0 spiro atoms. The molecule has 5 aliphatic heterocycles. The van der Waals surface area contributed by atoms with Crippen LogP contribution in [0.4, 0.5) is 0 Å². The summed E-state index contributed by atoms with van der Waals surface area (Å²) in [5.74, 6) is -20.4. The molecular formula is C60H48O24. The zero-order valence-corrected chi connectivity index (χ0v) is 42.8. The molecule has 0 aromatic heterocycles. The summed E-state index contributed by atoms with van der Waals surface area (Å²) in [4.78, 5) is 0. The summed E-state index contributed by atoms with van der Waals surface area (Å²) in [5.41, 5.74) is -2.64. The van der Waals surface area contributed by atoms with Crippen LogP contribution in [-0.4, -0.2) is 121 Å². The molecular weight excluding hydrogens is 1100 g/mol. The van der Waals surface area contributed by atoms with Crippen molar-refractivity contribution in [1.29, 1.82) is 0 Å². The first-order valence-corrected chi connectivity index (χ1v) is 25.8. The maximum absolute atomic E-state index is 13.2. The number of aliphatic hydroxyl groups is 4. The van der Waals surface area contributed by atoms with Crippen molar-refractivity contribution < 1.29 is 121 Å². The van der Waals surface area contributed by atoms with Crippen LogP contribution in [0.5, 0.6) is 115 Å². The normalized spacial score (nSPS) is 25.1. The first kappa shape index (κ1) is 52.9. The van der Waals surface area contributed by atoms with Crippen molar-refractivity contribution in [3.05, 3.63) is 164 Å². The van der Waals surface area contributed by atoms with E-state index in [4.69, 9.17) is 23.7 Å². The number of fused-ring (bicyclic) bond motifs is 10. The molecule has 11 atom stereocenters. The number of hydrogen-bond acceptors (Lipinski definition) is 24. The van der Waals surface area contributed by atoms with Crippen LogP contribution in [0.25, 0.3) is 0 Å². The number of phenolic OH excluding ortho intramolecular Hbond substituents is 15. The minimum Gasteiger partial charge on any atom is -0.508 e. The van der Waals surface area contributed by atoms with Gasteiger partial charge in [0.25, 0.3) is 0 Å². The molecule has 2 bridgehead atoms. The molecule has 0 saturated carbocycles. The van der Waals surface area contributed by atoms with Crippen LogP contribution >= 0.6 is 0 Å². The maximum atomic E-state index is 13.2. The van der Waals surface area contributed by atoms with Gasteiger partial charge in [0.15, 0.2) is 58.2 Å². The van der Waals surface area contributed by atoms with E-state index in [1.165, 1.54) is 24.3 Å². The van der Waals surface area contributed by atoms with Gasteiger partial charge < -0.3 is 121 Å². The molecule has 8 aromatic rings. The summed E-state index contributed by atoms with van der Waals surface area (Å²) in [6, 6.07) is 18.2. The van der Waals surface area contributed by atoms with Gasteiger partial charge in [-0.25, -0.2) is 0 Å². The fourth-order valence-electron chi connectivity index (χ4n) is 12.5. The third-order valence-electron chi connectivity index (χ3n) is 16.4. The molecule has 432 valence electrons. The fraction of sp³-hybridized carbons (Fsp3) is 0.200. The molecule has 84 heavy (non-hydrogen) atoms. The monoisotopic (exact) mass is 1150 g/mol. The average Bonchev–Trinajstić information content (AvgIpc) is 0.890. The lowest BCUT2D eigenvalue weighted by atomic mass is 9.70. The molecule has 24 heteroatoms. The summed E-state index contributed by atoms with van der Waals surface area (Å²) in [6.07, 6.45) is -12.8. The van der Waals surface area contributed by atoms with Gasteiger partial charge in [-0.2, -0.15) is 0 Å². The second-order valence-electron chi connectivity index (χ2n) is 21.2. The molecule has 19 N–H and O–H groups in total. The summed E-state index contributed by atoms with van der Waals surface area (Å²) in [7, 11) is 0. The lowest BCUT2D eigenvalue weighted by Crippen LogP contribution is -2.58. The molecule has 0 unspecified atom stereocenters. The van der Waals surface area contributed by atoms with Crippen LogP contribution < -0.4 is 23.7 Å². The van der Waals surface area contributed by atoms with Crippen molar-refractivity contribution in [1.82, 2.24) is 0 Å². The van der Waals surface area contributed by atoms with Gasteiger partial charge in [-0.3, -0.25) is 0 Å². The highest BCUT2D eigenvalue weighted by Crippen LogP contribution is 2.68. The second kappa shape index (κ2) is 18.6. The molecule has 0 radical (unpaired) electrons. The average molecular weight is 1150 g/mol. The third-order valence-corrected chi connectivity index (χ3v) is 16.4. The van der Waals surface area contributed by atoms with Gasteiger partial charge in [0.2, 0.25) is 0 Å². The predicted molar refractivity (Wildman–Crippen MR) is 283 cm³/mol. The van der Waals surface area contributed by atoms with E-state index in [1.807, 2.05) is 0 Å². The lowest BCUT2D eigenvalue weighted by molar-refractivity contribution is -0.219. The summed E-state index contributed by atoms with van der Waals surface area (Å²) >= 11 is 0. The van der Waals surface area contributed by atoms with Crippen LogP contribution in [0, 0.1) is 0 Å². The maximum Gasteiger partial charge on any atom is 0.305 e. The molecule has 8 aromatic carbocycles. The van der Waals surface area contributed by atoms with Gasteiger partial charge >= 0.3 is 5.79 Å². The fourth-order valence-corrected chi connectivity index (χ4v) is 12.5. The number of aromatic hydroxyl groups is 15. The highest BCUT2D eigenvalue weighted by Gasteiger charge is 2.62. The van der Waals surface area contributed by atoms with Crippen LogP contribution in [0.3, 0.4) is 0 Å². The Morgan fingerprint density at radius 2 is 0.786 bits per heavy atom. The third kappa shape index (κ3) is 7.68. The van der Waals surface area contributed by atoms with Gasteiger partial charge in [-0.15, -0.1) is 0 Å². The highest BCUT2D eigenvalue weighted by molar-refractivity contribution is 5.74. The van der Waals surface area contributed by atoms with Crippen molar-refractivity contribution in [2.45, 2.75) is 72.7 Å². The standard InChI is InChI=1S/C60H48O24/c61-23-13-34(71)42-40(14-23)80-54(20-2-6-26(63)31(68)10-20)51(77)48(42)45-36(73)17-37(74)46-50-47-41(83-60(59(50)79,84-58(45)46)22-4-8-28(65)33(70)12-22)18-38(75)44-49(52(78)55(82-57(44)47)21-3-7-27(64)32(69)11-21)43-35(72)16-29(66)24-15-39(76)53(81-56(24)43)19-1-5-25(62)30(67)9-19/h1-14,16-18,39,48-55,59,61-79H,15H2/t39-,48-,49+,50-,51-,52-,53-,54-,55-,59+,60-/m1/s1. The lowest BCUT2D eigenvalue weighted by Gasteiger charge is -2.52. The minimum atomic E-state index is -2.72. The number of rotatable bonds is 6. The number of aliphatic hydroxyl groups excluding tert-OH is 4. The Bertz CT molecular complexity index is 4110. The Morgan fingerprint density at radius 1 is 0.333 bits per heavy atom. The highest BCUT2D eigenvalue weighted by atomic mass is 16.7. The van der Waals surface area contributed by atoms with Crippen molar-refractivity contribution in [3.63, 3.8) is 0 Å².